The second-order valence-electron chi connectivity index (χ2n) is 2.73. The van der Waals surface area contributed by atoms with Gasteiger partial charge in [-0.1, -0.05) is 0 Å². The number of carbonyl (C=O) groups excluding carboxylic acids is 1. The maximum absolute atomic E-state index is 11.1. The Bertz CT molecular complexity index is 151. The van der Waals surface area contributed by atoms with Gasteiger partial charge in [0.2, 0.25) is 0 Å². The van der Waals surface area contributed by atoms with Gasteiger partial charge in [-0.3, -0.25) is 4.79 Å². The molecular weight excluding hydrogens is 146 g/mol. The number of nitrogens with one attached hydrogen (secondary N) is 2. The van der Waals surface area contributed by atoms with Crippen LogP contribution in [-0.4, -0.2) is 36.7 Å². The van der Waals surface area contributed by atoms with Gasteiger partial charge in [-0.25, -0.2) is 0 Å². The van der Waals surface area contributed by atoms with Crippen molar-refractivity contribution in [2.45, 2.75) is 6.04 Å². The summed E-state index contributed by atoms with van der Waals surface area (Å²) in [5.74, 6) is -0.181. The van der Waals surface area contributed by atoms with Crippen LogP contribution in [0.25, 0.3) is 0 Å². The van der Waals surface area contributed by atoms with Gasteiger partial charge in [0.15, 0.2) is 5.78 Å². The normalized spacial score (nSPS) is 30.7. The lowest BCUT2D eigenvalue weighted by atomic mass is 9.99. The number of hydrogen-bond acceptors (Lipinski definition) is 5. The molecule has 11 heavy (non-hydrogen) atoms. The van der Waals surface area contributed by atoms with Crippen molar-refractivity contribution in [2.24, 2.45) is 11.7 Å². The molecule has 0 aliphatic carbocycles. The second kappa shape index (κ2) is 3.77. The first kappa shape index (κ1) is 8.61. The fourth-order valence-corrected chi connectivity index (χ4v) is 1.26. The van der Waals surface area contributed by atoms with Crippen LogP contribution in [0.15, 0.2) is 0 Å². The summed E-state index contributed by atoms with van der Waals surface area (Å²) in [6.45, 7) is 1.30. The van der Waals surface area contributed by atoms with Crippen LogP contribution in [-0.2, 0) is 4.79 Å². The molecule has 0 bridgehead atoms. The number of carbonyl (C=O) groups is 1. The fraction of sp³-hybridized carbons (Fsp3) is 0.833. The van der Waals surface area contributed by atoms with Gasteiger partial charge < -0.3 is 16.3 Å². The van der Waals surface area contributed by atoms with Crippen LogP contribution >= 0.6 is 0 Å². The van der Waals surface area contributed by atoms with Crippen molar-refractivity contribution in [1.82, 2.24) is 10.8 Å². The van der Waals surface area contributed by atoms with Crippen molar-refractivity contribution in [1.29, 1.82) is 0 Å². The number of rotatable bonds is 3. The van der Waals surface area contributed by atoms with E-state index in [1.165, 1.54) is 0 Å². The zero-order valence-corrected chi connectivity index (χ0v) is 6.21. The van der Waals surface area contributed by atoms with E-state index in [9.17, 15) is 4.79 Å². The molecule has 64 valence electrons. The second-order valence-corrected chi connectivity index (χ2v) is 2.73. The first-order valence-corrected chi connectivity index (χ1v) is 3.61. The first-order chi connectivity index (χ1) is 5.25. The molecule has 1 aliphatic heterocycles. The molecule has 0 spiro atoms. The Morgan fingerprint density at radius 1 is 1.73 bits per heavy atom. The molecular formula is C6H13N3O2. The van der Waals surface area contributed by atoms with E-state index in [4.69, 9.17) is 10.9 Å². The number of hydroxylamine groups is 1. The summed E-state index contributed by atoms with van der Waals surface area (Å²) in [6, 6.07) is -0.101. The van der Waals surface area contributed by atoms with Gasteiger partial charge in [0.1, 0.15) is 0 Å². The van der Waals surface area contributed by atoms with E-state index in [-0.39, 0.29) is 24.3 Å². The predicted octanol–water partition coefficient (Wildman–Crippen LogP) is -1.92. The Labute approximate surface area is 64.9 Å². The smallest absolute Gasteiger partial charge is 0.154 e. The minimum absolute atomic E-state index is 0.0138. The Balaban J connectivity index is 2.39. The molecule has 0 saturated carbocycles. The maximum Gasteiger partial charge on any atom is 0.154 e. The van der Waals surface area contributed by atoms with Crippen molar-refractivity contribution >= 4 is 5.78 Å². The third kappa shape index (κ3) is 1.97. The molecule has 0 aromatic heterocycles. The molecule has 0 radical (unpaired) electrons. The molecule has 2 atom stereocenters. The zero-order valence-electron chi connectivity index (χ0n) is 6.21. The lowest BCUT2D eigenvalue weighted by Gasteiger charge is -2.11. The van der Waals surface area contributed by atoms with E-state index in [0.29, 0.717) is 13.1 Å². The van der Waals surface area contributed by atoms with E-state index < -0.39 is 0 Å². The Morgan fingerprint density at radius 3 is 2.91 bits per heavy atom. The summed E-state index contributed by atoms with van der Waals surface area (Å²) in [5.41, 5.74) is 7.45. The first-order valence-electron chi connectivity index (χ1n) is 3.61. The van der Waals surface area contributed by atoms with E-state index in [1.54, 1.807) is 0 Å². The molecule has 0 unspecified atom stereocenters. The molecule has 5 nitrogen and oxygen atoms in total. The fourth-order valence-electron chi connectivity index (χ4n) is 1.26. The summed E-state index contributed by atoms with van der Waals surface area (Å²) in [7, 11) is 0. The Morgan fingerprint density at radius 2 is 2.45 bits per heavy atom. The molecule has 0 aromatic carbocycles. The maximum atomic E-state index is 11.1. The topological polar surface area (TPSA) is 87.4 Å². The van der Waals surface area contributed by atoms with Gasteiger partial charge in [-0.2, -0.15) is 5.48 Å². The van der Waals surface area contributed by atoms with E-state index in [2.05, 4.69) is 5.32 Å². The van der Waals surface area contributed by atoms with Gasteiger partial charge in [-0.15, -0.1) is 0 Å². The minimum Gasteiger partial charge on any atom is -0.326 e. The largest absolute Gasteiger partial charge is 0.326 e. The molecule has 1 heterocycles. The Hall–Kier alpha value is -0.490. The van der Waals surface area contributed by atoms with Crippen LogP contribution < -0.4 is 16.5 Å². The van der Waals surface area contributed by atoms with Crippen molar-refractivity contribution in [3.05, 3.63) is 0 Å². The predicted molar refractivity (Wildman–Crippen MR) is 39.1 cm³/mol. The van der Waals surface area contributed by atoms with E-state index in [1.807, 2.05) is 5.48 Å². The lowest BCUT2D eigenvalue weighted by Crippen LogP contribution is -2.38. The van der Waals surface area contributed by atoms with Crippen molar-refractivity contribution in [3.8, 4) is 0 Å². The van der Waals surface area contributed by atoms with Crippen molar-refractivity contribution in [3.63, 3.8) is 0 Å². The van der Waals surface area contributed by atoms with Gasteiger partial charge in [0, 0.05) is 25.0 Å². The molecule has 1 rings (SSSR count). The quantitative estimate of drug-likeness (QED) is 0.361. The third-order valence-electron chi connectivity index (χ3n) is 1.93. The molecule has 1 saturated heterocycles. The average molecular weight is 159 g/mol. The van der Waals surface area contributed by atoms with E-state index >= 15 is 0 Å². The van der Waals surface area contributed by atoms with Gasteiger partial charge in [0.05, 0.1) is 6.54 Å². The summed E-state index contributed by atoms with van der Waals surface area (Å²) in [6.07, 6.45) is 0. The highest BCUT2D eigenvalue weighted by Gasteiger charge is 2.29. The summed E-state index contributed by atoms with van der Waals surface area (Å²) in [5, 5.41) is 11.3. The highest BCUT2D eigenvalue weighted by molar-refractivity contribution is 5.84. The molecule has 0 aromatic rings. The highest BCUT2D eigenvalue weighted by atomic mass is 16.5. The number of Topliss-reactive ketones (excluding diaryl/α,β-unsaturated/α-hetero) is 1. The highest BCUT2D eigenvalue weighted by Crippen LogP contribution is 2.06. The number of nitrogens with two attached hydrogens (primary N) is 1. The van der Waals surface area contributed by atoms with Crippen molar-refractivity contribution in [2.75, 3.05) is 19.6 Å². The van der Waals surface area contributed by atoms with Crippen LogP contribution in [0.1, 0.15) is 0 Å². The minimum atomic E-state index is -0.144. The number of hydrogen-bond donors (Lipinski definition) is 4. The van der Waals surface area contributed by atoms with Crippen LogP contribution in [0.3, 0.4) is 0 Å². The summed E-state index contributed by atoms with van der Waals surface area (Å²) >= 11 is 0. The molecule has 1 fully saturated rings. The van der Waals surface area contributed by atoms with Gasteiger partial charge in [-0.05, 0) is 0 Å². The van der Waals surface area contributed by atoms with Crippen LogP contribution in [0, 0.1) is 5.92 Å². The summed E-state index contributed by atoms with van der Waals surface area (Å²) in [4.78, 5) is 11.1. The lowest BCUT2D eigenvalue weighted by molar-refractivity contribution is -0.123. The standard InChI is InChI=1S/C6H13N3O2/c7-5-2-8-1-4(5)6(10)3-9-11/h4-5,8-9,11H,1-3,7H2/t4-,5-/m1/s1. The van der Waals surface area contributed by atoms with Gasteiger partial charge >= 0.3 is 0 Å². The molecule has 1 aliphatic rings. The molecule has 5 heteroatoms. The SMILES string of the molecule is N[C@@H]1CNC[C@H]1C(=O)CNO. The molecule has 5 N–H and O–H groups in total. The monoisotopic (exact) mass is 159 g/mol. The van der Waals surface area contributed by atoms with Gasteiger partial charge in [0.25, 0.3) is 0 Å². The summed E-state index contributed by atoms with van der Waals surface area (Å²) < 4.78 is 0. The number of ketones is 1. The third-order valence-corrected chi connectivity index (χ3v) is 1.93. The van der Waals surface area contributed by atoms with Crippen LogP contribution in [0.5, 0.6) is 0 Å². The zero-order chi connectivity index (χ0) is 8.27. The van der Waals surface area contributed by atoms with Crippen LogP contribution in [0.4, 0.5) is 0 Å². The average Bonchev–Trinajstić information content (AvgIpc) is 2.36. The van der Waals surface area contributed by atoms with E-state index in [0.717, 1.165) is 0 Å². The molecule has 0 amide bonds. The van der Waals surface area contributed by atoms with Crippen LogP contribution in [0.2, 0.25) is 0 Å². The Kier molecular flexibility index (Phi) is 2.95. The van der Waals surface area contributed by atoms with Crippen molar-refractivity contribution < 1.29 is 10.0 Å².